The molecule has 1 aromatic heterocycles. The number of hydrogen-bond acceptors (Lipinski definition) is 6. The van der Waals surface area contributed by atoms with E-state index in [0.29, 0.717) is 31.4 Å². The van der Waals surface area contributed by atoms with E-state index >= 15 is 0 Å². The Bertz CT molecular complexity index is 652. The van der Waals surface area contributed by atoms with E-state index in [4.69, 9.17) is 26.6 Å². The van der Waals surface area contributed by atoms with Gasteiger partial charge in [-0.3, -0.25) is 4.90 Å². The molecule has 3 rings (SSSR count). The second-order valence-electron chi connectivity index (χ2n) is 5.08. The van der Waals surface area contributed by atoms with Crippen LogP contribution >= 0.6 is 11.6 Å². The molecule has 0 saturated carbocycles. The first-order chi connectivity index (χ1) is 10.7. The molecule has 2 N–H and O–H groups in total. The van der Waals surface area contributed by atoms with Crippen LogP contribution in [0.4, 0.5) is 4.39 Å². The van der Waals surface area contributed by atoms with E-state index in [0.717, 1.165) is 12.1 Å². The highest BCUT2D eigenvalue weighted by Gasteiger charge is 2.24. The fraction of sp³-hybridized carbons (Fsp3) is 0.429. The molecule has 0 aliphatic carbocycles. The number of aromatic nitrogens is 2. The minimum Gasteiger partial charge on any atom is -0.371 e. The summed E-state index contributed by atoms with van der Waals surface area (Å²) in [6.45, 7) is 2.76. The van der Waals surface area contributed by atoms with Crippen molar-refractivity contribution in [2.45, 2.75) is 19.2 Å². The van der Waals surface area contributed by atoms with Crippen molar-refractivity contribution in [3.63, 3.8) is 0 Å². The Morgan fingerprint density at radius 3 is 3.05 bits per heavy atom. The van der Waals surface area contributed by atoms with E-state index in [-0.39, 0.29) is 17.7 Å². The SMILES string of the molecule is NCc1nc(CN2CCOC(c3ccc(F)c(Cl)c3)C2)no1. The van der Waals surface area contributed by atoms with Crippen molar-refractivity contribution in [2.75, 3.05) is 19.7 Å². The molecule has 0 radical (unpaired) electrons. The maximum atomic E-state index is 13.2. The van der Waals surface area contributed by atoms with Crippen LogP contribution in [-0.4, -0.2) is 34.7 Å². The second kappa shape index (κ2) is 6.70. The topological polar surface area (TPSA) is 77.4 Å². The van der Waals surface area contributed by atoms with Gasteiger partial charge in [-0.15, -0.1) is 0 Å². The van der Waals surface area contributed by atoms with Crippen LogP contribution in [0.15, 0.2) is 22.7 Å². The third kappa shape index (κ3) is 3.44. The molecular formula is C14H16ClFN4O2. The maximum absolute atomic E-state index is 13.2. The van der Waals surface area contributed by atoms with Crippen LogP contribution in [0.25, 0.3) is 0 Å². The summed E-state index contributed by atoms with van der Waals surface area (Å²) in [6.07, 6.45) is -0.160. The number of nitrogens with zero attached hydrogens (tertiary/aromatic N) is 3. The van der Waals surface area contributed by atoms with Crippen LogP contribution in [0.3, 0.4) is 0 Å². The van der Waals surface area contributed by atoms with Crippen LogP contribution in [-0.2, 0) is 17.8 Å². The molecule has 1 unspecified atom stereocenters. The standard InChI is InChI=1S/C14H16ClFN4O2/c15-10-5-9(1-2-11(10)16)12-7-20(3-4-21-12)8-13-18-14(6-17)22-19-13/h1-2,5,12H,3-4,6-8,17H2. The Morgan fingerprint density at radius 1 is 1.45 bits per heavy atom. The van der Waals surface area contributed by atoms with Gasteiger partial charge in [0.25, 0.3) is 0 Å². The van der Waals surface area contributed by atoms with Crippen LogP contribution in [0.5, 0.6) is 0 Å². The highest BCUT2D eigenvalue weighted by Crippen LogP contribution is 2.26. The first-order valence-corrected chi connectivity index (χ1v) is 7.34. The fourth-order valence-corrected chi connectivity index (χ4v) is 2.59. The normalized spacial score (nSPS) is 19.5. The minimum absolute atomic E-state index is 0.101. The molecule has 1 aliphatic heterocycles. The average molecular weight is 327 g/mol. The molecular weight excluding hydrogens is 311 g/mol. The highest BCUT2D eigenvalue weighted by molar-refractivity contribution is 6.30. The highest BCUT2D eigenvalue weighted by atomic mass is 35.5. The molecule has 1 saturated heterocycles. The Labute approximate surface area is 132 Å². The van der Waals surface area contributed by atoms with Gasteiger partial charge in [0.05, 0.1) is 30.8 Å². The van der Waals surface area contributed by atoms with Gasteiger partial charge in [-0.2, -0.15) is 4.98 Å². The number of rotatable bonds is 4. The van der Waals surface area contributed by atoms with Gasteiger partial charge in [0, 0.05) is 13.1 Å². The van der Waals surface area contributed by atoms with E-state index < -0.39 is 5.82 Å². The number of benzene rings is 1. The van der Waals surface area contributed by atoms with Gasteiger partial charge in [0.1, 0.15) is 5.82 Å². The number of halogens is 2. The molecule has 22 heavy (non-hydrogen) atoms. The zero-order valence-corrected chi connectivity index (χ0v) is 12.6. The summed E-state index contributed by atoms with van der Waals surface area (Å²) >= 11 is 5.83. The van der Waals surface area contributed by atoms with Crippen molar-refractivity contribution >= 4 is 11.6 Å². The van der Waals surface area contributed by atoms with Gasteiger partial charge in [0.15, 0.2) is 5.82 Å². The van der Waals surface area contributed by atoms with E-state index in [1.807, 2.05) is 0 Å². The van der Waals surface area contributed by atoms with E-state index in [2.05, 4.69) is 15.0 Å². The van der Waals surface area contributed by atoms with Crippen molar-refractivity contribution in [1.29, 1.82) is 0 Å². The van der Waals surface area contributed by atoms with Crippen molar-refractivity contribution in [1.82, 2.24) is 15.0 Å². The predicted molar refractivity (Wildman–Crippen MR) is 77.6 cm³/mol. The zero-order valence-electron chi connectivity index (χ0n) is 11.8. The quantitative estimate of drug-likeness (QED) is 0.924. The molecule has 0 amide bonds. The van der Waals surface area contributed by atoms with Gasteiger partial charge in [-0.1, -0.05) is 22.8 Å². The van der Waals surface area contributed by atoms with Crippen molar-refractivity contribution < 1.29 is 13.7 Å². The largest absolute Gasteiger partial charge is 0.371 e. The summed E-state index contributed by atoms with van der Waals surface area (Å²) in [5, 5.41) is 3.99. The fourth-order valence-electron chi connectivity index (χ4n) is 2.40. The Hall–Kier alpha value is -1.54. The van der Waals surface area contributed by atoms with E-state index in [9.17, 15) is 4.39 Å². The summed E-state index contributed by atoms with van der Waals surface area (Å²) in [4.78, 5) is 6.34. The average Bonchev–Trinajstić information content (AvgIpc) is 2.98. The van der Waals surface area contributed by atoms with Crippen molar-refractivity contribution in [3.05, 3.63) is 46.3 Å². The lowest BCUT2D eigenvalue weighted by Crippen LogP contribution is -2.38. The zero-order chi connectivity index (χ0) is 15.5. The van der Waals surface area contributed by atoms with E-state index in [1.54, 1.807) is 12.1 Å². The lowest BCUT2D eigenvalue weighted by molar-refractivity contribution is -0.0338. The monoisotopic (exact) mass is 326 g/mol. The molecule has 1 aliphatic rings. The summed E-state index contributed by atoms with van der Waals surface area (Å²) in [7, 11) is 0. The molecule has 1 aromatic carbocycles. The number of nitrogens with two attached hydrogens (primary N) is 1. The van der Waals surface area contributed by atoms with Gasteiger partial charge >= 0.3 is 0 Å². The molecule has 2 aromatic rings. The molecule has 1 atom stereocenters. The smallest absolute Gasteiger partial charge is 0.240 e. The van der Waals surface area contributed by atoms with Crippen LogP contribution in [0.1, 0.15) is 23.4 Å². The van der Waals surface area contributed by atoms with Crippen LogP contribution in [0.2, 0.25) is 5.02 Å². The summed E-state index contributed by atoms with van der Waals surface area (Å²) < 4.78 is 24.0. The van der Waals surface area contributed by atoms with Crippen molar-refractivity contribution in [3.8, 4) is 0 Å². The second-order valence-corrected chi connectivity index (χ2v) is 5.48. The molecule has 1 fully saturated rings. The predicted octanol–water partition coefficient (Wildman–Crippen LogP) is 1.89. The molecule has 0 bridgehead atoms. The molecule has 118 valence electrons. The number of ether oxygens (including phenoxy) is 1. The number of morpholine rings is 1. The van der Waals surface area contributed by atoms with Gasteiger partial charge in [0.2, 0.25) is 5.89 Å². The summed E-state index contributed by atoms with van der Waals surface area (Å²) in [6, 6.07) is 4.65. The molecule has 0 spiro atoms. The Morgan fingerprint density at radius 2 is 2.32 bits per heavy atom. The minimum atomic E-state index is -0.431. The van der Waals surface area contributed by atoms with Crippen LogP contribution < -0.4 is 5.73 Å². The first-order valence-electron chi connectivity index (χ1n) is 6.96. The van der Waals surface area contributed by atoms with Gasteiger partial charge in [-0.05, 0) is 17.7 Å². The first kappa shape index (κ1) is 15.4. The molecule has 2 heterocycles. The lowest BCUT2D eigenvalue weighted by atomic mass is 10.1. The molecule has 8 heteroatoms. The van der Waals surface area contributed by atoms with Gasteiger partial charge in [-0.25, -0.2) is 4.39 Å². The maximum Gasteiger partial charge on any atom is 0.240 e. The number of hydrogen-bond donors (Lipinski definition) is 1. The van der Waals surface area contributed by atoms with Gasteiger partial charge < -0.3 is 15.0 Å². The Kier molecular flexibility index (Phi) is 4.68. The molecule has 6 nitrogen and oxygen atoms in total. The van der Waals surface area contributed by atoms with Crippen molar-refractivity contribution in [2.24, 2.45) is 5.73 Å². The van der Waals surface area contributed by atoms with E-state index in [1.165, 1.54) is 6.07 Å². The summed E-state index contributed by atoms with van der Waals surface area (Å²) in [5.74, 6) is 0.586. The lowest BCUT2D eigenvalue weighted by Gasteiger charge is -2.32. The summed E-state index contributed by atoms with van der Waals surface area (Å²) in [5.41, 5.74) is 6.30. The third-order valence-corrected chi connectivity index (χ3v) is 3.81. The Balaban J connectivity index is 1.67. The van der Waals surface area contributed by atoms with Crippen LogP contribution in [0, 0.1) is 5.82 Å². The third-order valence-electron chi connectivity index (χ3n) is 3.52.